The maximum atomic E-state index is 11.2. The molecule has 0 aromatic heterocycles. The molecule has 1 saturated heterocycles. The van der Waals surface area contributed by atoms with Crippen molar-refractivity contribution in [3.63, 3.8) is 0 Å². The minimum atomic E-state index is -3.51. The molecule has 0 radical (unpaired) electrons. The highest BCUT2D eigenvalue weighted by atomic mass is 32.2. The highest BCUT2D eigenvalue weighted by Crippen LogP contribution is 1.96. The highest BCUT2D eigenvalue weighted by molar-refractivity contribution is 7.89. The van der Waals surface area contributed by atoms with Crippen LogP contribution in [0.25, 0.3) is 0 Å². The van der Waals surface area contributed by atoms with Gasteiger partial charge in [0.15, 0.2) is 11.7 Å². The number of rotatable bonds is 4. The number of nitrogens with one attached hydrogen (secondary N) is 2. The summed E-state index contributed by atoms with van der Waals surface area (Å²) in [5, 5.41) is 0. The number of amidine groups is 2. The summed E-state index contributed by atoms with van der Waals surface area (Å²) < 4.78 is 27.0. The molecule has 106 valence electrons. The zero-order chi connectivity index (χ0) is 14.3. The molecule has 1 aliphatic heterocycles. The SMILES string of the molecule is CN=C1NS(=O)(=O)NC1=NCCCC#CCN(C)C. The summed E-state index contributed by atoms with van der Waals surface area (Å²) in [7, 11) is 1.92. The lowest BCUT2D eigenvalue weighted by Gasteiger charge is -2.00. The second-order valence-corrected chi connectivity index (χ2v) is 5.62. The molecule has 0 aromatic carbocycles. The van der Waals surface area contributed by atoms with Crippen LogP contribution in [0.1, 0.15) is 12.8 Å². The molecule has 8 heteroatoms. The van der Waals surface area contributed by atoms with Gasteiger partial charge in [-0.2, -0.15) is 8.42 Å². The molecule has 19 heavy (non-hydrogen) atoms. The molecule has 7 nitrogen and oxygen atoms in total. The normalized spacial score (nSPS) is 21.1. The second-order valence-electron chi connectivity index (χ2n) is 4.20. The molecule has 0 unspecified atom stereocenters. The van der Waals surface area contributed by atoms with Crippen molar-refractivity contribution in [3.05, 3.63) is 0 Å². The number of nitrogens with zero attached hydrogens (tertiary/aromatic N) is 3. The van der Waals surface area contributed by atoms with Crippen molar-refractivity contribution in [1.29, 1.82) is 0 Å². The molecule has 0 bridgehead atoms. The Morgan fingerprint density at radius 3 is 2.53 bits per heavy atom. The maximum absolute atomic E-state index is 11.2. The monoisotopic (exact) mass is 285 g/mol. The summed E-state index contributed by atoms with van der Waals surface area (Å²) >= 11 is 0. The lowest BCUT2D eigenvalue weighted by atomic mass is 10.3. The molecule has 0 atom stereocenters. The molecule has 1 rings (SSSR count). The number of hydrogen-bond donors (Lipinski definition) is 2. The number of hydrogen-bond acceptors (Lipinski definition) is 5. The van der Waals surface area contributed by atoms with Gasteiger partial charge < -0.3 is 0 Å². The third-order valence-electron chi connectivity index (χ3n) is 2.16. The maximum Gasteiger partial charge on any atom is 0.324 e. The Morgan fingerprint density at radius 1 is 1.21 bits per heavy atom. The Balaban J connectivity index is 2.39. The number of unbranched alkanes of at least 4 members (excludes halogenated alkanes) is 1. The van der Waals surface area contributed by atoms with E-state index in [1.165, 1.54) is 7.05 Å². The van der Waals surface area contributed by atoms with Crippen LogP contribution in [0.5, 0.6) is 0 Å². The first-order valence-electron chi connectivity index (χ1n) is 5.87. The first-order chi connectivity index (χ1) is 8.94. The Bertz CT molecular complexity index is 525. The molecule has 1 fully saturated rings. The van der Waals surface area contributed by atoms with Gasteiger partial charge in [0.25, 0.3) is 0 Å². The van der Waals surface area contributed by atoms with E-state index in [0.29, 0.717) is 6.54 Å². The lowest BCUT2D eigenvalue weighted by Crippen LogP contribution is -2.24. The van der Waals surface area contributed by atoms with Crippen molar-refractivity contribution in [2.75, 3.05) is 34.2 Å². The van der Waals surface area contributed by atoms with E-state index in [4.69, 9.17) is 0 Å². The fourth-order valence-corrected chi connectivity index (χ4v) is 2.21. The largest absolute Gasteiger partial charge is 0.324 e. The summed E-state index contributed by atoms with van der Waals surface area (Å²) in [5.41, 5.74) is 0. The van der Waals surface area contributed by atoms with E-state index >= 15 is 0 Å². The van der Waals surface area contributed by atoms with Crippen LogP contribution < -0.4 is 9.44 Å². The topological polar surface area (TPSA) is 86.2 Å². The average molecular weight is 285 g/mol. The van der Waals surface area contributed by atoms with Crippen LogP contribution in [-0.2, 0) is 10.2 Å². The summed E-state index contributed by atoms with van der Waals surface area (Å²) in [6, 6.07) is 0. The van der Waals surface area contributed by atoms with E-state index < -0.39 is 10.2 Å². The quantitative estimate of drug-likeness (QED) is 0.523. The van der Waals surface area contributed by atoms with Crippen LogP contribution in [0.3, 0.4) is 0 Å². The molecule has 1 heterocycles. The summed E-state index contributed by atoms with van der Waals surface area (Å²) in [6.45, 7) is 1.25. The molecule has 0 aliphatic carbocycles. The van der Waals surface area contributed by atoms with Crippen LogP contribution >= 0.6 is 0 Å². The van der Waals surface area contributed by atoms with Crippen molar-refractivity contribution in [2.45, 2.75) is 12.8 Å². The minimum Gasteiger partial charge on any atom is -0.299 e. The molecule has 0 amide bonds. The van der Waals surface area contributed by atoms with Crippen LogP contribution in [0.15, 0.2) is 9.98 Å². The van der Waals surface area contributed by atoms with Gasteiger partial charge >= 0.3 is 10.2 Å². The van der Waals surface area contributed by atoms with Gasteiger partial charge in [-0.15, -0.1) is 5.92 Å². The third-order valence-corrected chi connectivity index (χ3v) is 3.08. The summed E-state index contributed by atoms with van der Waals surface area (Å²) in [5.74, 6) is 6.58. The van der Waals surface area contributed by atoms with Crippen molar-refractivity contribution in [1.82, 2.24) is 14.3 Å². The Labute approximate surface area is 114 Å². The second kappa shape index (κ2) is 7.11. The highest BCUT2D eigenvalue weighted by Gasteiger charge is 2.27. The van der Waals surface area contributed by atoms with E-state index in [-0.39, 0.29) is 11.7 Å². The van der Waals surface area contributed by atoms with Crippen LogP contribution in [-0.4, -0.2) is 59.2 Å². The van der Waals surface area contributed by atoms with E-state index in [1.54, 1.807) is 0 Å². The molecular weight excluding hydrogens is 266 g/mol. The van der Waals surface area contributed by atoms with Gasteiger partial charge in [0.05, 0.1) is 6.54 Å². The standard InChI is InChI=1S/C11H19N5O2S/c1-12-10-11(15-19(17,18)14-10)13-8-6-4-5-7-9-16(2)3/h4,6,8-9H2,1-3H3,(H,12,14)(H,13,15). The van der Waals surface area contributed by atoms with Gasteiger partial charge in [-0.05, 0) is 20.5 Å². The fraction of sp³-hybridized carbons (Fsp3) is 0.636. The first kappa shape index (κ1) is 15.5. The van der Waals surface area contributed by atoms with Gasteiger partial charge in [-0.1, -0.05) is 5.92 Å². The number of aliphatic imine (C=N–C) groups is 2. The summed E-state index contributed by atoms with van der Waals surface area (Å²) in [6.07, 6.45) is 1.52. The zero-order valence-electron chi connectivity index (χ0n) is 11.4. The van der Waals surface area contributed by atoms with Gasteiger partial charge in [0.1, 0.15) is 0 Å². The smallest absolute Gasteiger partial charge is 0.299 e. The van der Waals surface area contributed by atoms with Gasteiger partial charge in [0.2, 0.25) is 0 Å². The summed E-state index contributed by atoms with van der Waals surface area (Å²) in [4.78, 5) is 9.97. The molecule has 2 N–H and O–H groups in total. The average Bonchev–Trinajstić information content (AvgIpc) is 2.62. The molecule has 0 spiro atoms. The van der Waals surface area contributed by atoms with Gasteiger partial charge in [0, 0.05) is 20.0 Å². The van der Waals surface area contributed by atoms with Crippen molar-refractivity contribution >= 4 is 21.9 Å². The van der Waals surface area contributed by atoms with Crippen molar-refractivity contribution in [3.8, 4) is 11.8 Å². The Kier molecular flexibility index (Phi) is 5.79. The molecule has 0 aromatic rings. The molecule has 1 aliphatic rings. The van der Waals surface area contributed by atoms with Crippen LogP contribution in [0.4, 0.5) is 0 Å². The predicted molar refractivity (Wildman–Crippen MR) is 76.4 cm³/mol. The molecular formula is C11H19N5O2S. The molecule has 0 saturated carbocycles. The van der Waals surface area contributed by atoms with Gasteiger partial charge in [-0.25, -0.2) is 9.44 Å². The predicted octanol–water partition coefficient (Wildman–Crippen LogP) is -0.804. The third kappa shape index (κ3) is 5.72. The first-order valence-corrected chi connectivity index (χ1v) is 7.35. The van der Waals surface area contributed by atoms with Crippen LogP contribution in [0, 0.1) is 11.8 Å². The Morgan fingerprint density at radius 2 is 1.89 bits per heavy atom. The van der Waals surface area contributed by atoms with E-state index in [1.807, 2.05) is 19.0 Å². The van der Waals surface area contributed by atoms with E-state index in [0.717, 1.165) is 19.4 Å². The van der Waals surface area contributed by atoms with Crippen LogP contribution in [0.2, 0.25) is 0 Å². The van der Waals surface area contributed by atoms with Crippen molar-refractivity contribution < 1.29 is 8.42 Å². The van der Waals surface area contributed by atoms with Gasteiger partial charge in [-0.3, -0.25) is 14.9 Å². The minimum absolute atomic E-state index is 0.249. The fourth-order valence-electron chi connectivity index (χ4n) is 1.30. The van der Waals surface area contributed by atoms with Crippen molar-refractivity contribution in [2.24, 2.45) is 9.98 Å². The van der Waals surface area contributed by atoms with E-state index in [9.17, 15) is 8.42 Å². The van der Waals surface area contributed by atoms with E-state index in [2.05, 4.69) is 31.3 Å². The zero-order valence-corrected chi connectivity index (χ0v) is 12.2. The Hall–Kier alpha value is -1.59. The lowest BCUT2D eigenvalue weighted by molar-refractivity contribution is 0.463.